The summed E-state index contributed by atoms with van der Waals surface area (Å²) in [5.41, 5.74) is -0.125. The first-order chi connectivity index (χ1) is 16.1. The van der Waals surface area contributed by atoms with Gasteiger partial charge >= 0.3 is 11.7 Å². The van der Waals surface area contributed by atoms with Crippen molar-refractivity contribution in [3.8, 4) is 0 Å². The van der Waals surface area contributed by atoms with Crippen LogP contribution in [-0.2, 0) is 29.0 Å². The molecular formula is C23H28F2N2O6S. The molecule has 4 saturated carbocycles. The highest BCUT2D eigenvalue weighted by Crippen LogP contribution is 2.60. The minimum atomic E-state index is -4.72. The number of halogens is 2. The molecule has 186 valence electrons. The normalized spacial score (nSPS) is 27.4. The van der Waals surface area contributed by atoms with E-state index in [2.05, 4.69) is 10.6 Å². The first-order valence-corrected chi connectivity index (χ1v) is 13.0. The zero-order valence-electron chi connectivity index (χ0n) is 18.6. The van der Waals surface area contributed by atoms with Crippen molar-refractivity contribution in [2.75, 3.05) is 18.5 Å². The number of nitrogens with one attached hydrogen (secondary N) is 2. The van der Waals surface area contributed by atoms with Gasteiger partial charge in [0.25, 0.3) is 5.91 Å². The Morgan fingerprint density at radius 2 is 1.56 bits per heavy atom. The molecule has 0 unspecified atom stereocenters. The molecule has 2 N–H and O–H groups in total. The number of sulfone groups is 1. The Morgan fingerprint density at radius 1 is 1.00 bits per heavy atom. The standard InChI is InChI=1S/C23H28F2N2O6S/c24-22(25)34(31,32)18-3-1-17(2-4-18)27-19(28)13-33-20(29)5-6-26-21(30)23-10-14-7-15(11-23)9-16(8-14)12-23/h1-4,14-16,22H,5-13H2,(H,26,30)(H,27,28). The highest BCUT2D eigenvalue weighted by atomic mass is 32.2. The lowest BCUT2D eigenvalue weighted by atomic mass is 9.49. The van der Waals surface area contributed by atoms with Gasteiger partial charge in [0, 0.05) is 17.6 Å². The summed E-state index contributed by atoms with van der Waals surface area (Å²) in [7, 11) is -4.72. The van der Waals surface area contributed by atoms with Gasteiger partial charge in [-0.15, -0.1) is 0 Å². The molecule has 34 heavy (non-hydrogen) atoms. The molecule has 4 aliphatic rings. The van der Waals surface area contributed by atoms with Crippen LogP contribution in [0.3, 0.4) is 0 Å². The van der Waals surface area contributed by atoms with Gasteiger partial charge < -0.3 is 15.4 Å². The lowest BCUT2D eigenvalue weighted by Crippen LogP contribution is -2.53. The van der Waals surface area contributed by atoms with Gasteiger partial charge in [0.15, 0.2) is 6.61 Å². The van der Waals surface area contributed by atoms with Crippen LogP contribution in [0.5, 0.6) is 0 Å². The number of anilines is 1. The maximum atomic E-state index is 12.9. The van der Waals surface area contributed by atoms with Crippen LogP contribution in [0.2, 0.25) is 0 Å². The monoisotopic (exact) mass is 498 g/mol. The van der Waals surface area contributed by atoms with Crippen molar-refractivity contribution in [3.05, 3.63) is 24.3 Å². The molecule has 4 aliphatic carbocycles. The molecule has 0 atom stereocenters. The van der Waals surface area contributed by atoms with E-state index < -0.39 is 39.0 Å². The zero-order chi connectivity index (χ0) is 24.5. The second-order valence-electron chi connectivity index (χ2n) is 9.74. The van der Waals surface area contributed by atoms with Gasteiger partial charge in [0.2, 0.25) is 15.7 Å². The predicted octanol–water partition coefficient (Wildman–Crippen LogP) is 2.89. The molecular weight excluding hydrogens is 470 g/mol. The maximum absolute atomic E-state index is 12.9. The first-order valence-electron chi connectivity index (χ1n) is 11.4. The van der Waals surface area contributed by atoms with Crippen LogP contribution in [0.25, 0.3) is 0 Å². The molecule has 0 aliphatic heterocycles. The number of esters is 1. The van der Waals surface area contributed by atoms with Crippen LogP contribution in [0.15, 0.2) is 29.2 Å². The third kappa shape index (κ3) is 5.24. The number of benzene rings is 1. The van der Waals surface area contributed by atoms with E-state index in [0.717, 1.165) is 43.5 Å². The number of rotatable bonds is 9. The van der Waals surface area contributed by atoms with Gasteiger partial charge in [0.1, 0.15) is 0 Å². The second kappa shape index (κ2) is 9.59. The number of carbonyl (C=O) groups is 3. The second-order valence-corrected chi connectivity index (χ2v) is 11.7. The van der Waals surface area contributed by atoms with E-state index in [1.165, 1.54) is 19.3 Å². The fourth-order valence-corrected chi connectivity index (χ4v) is 6.82. The van der Waals surface area contributed by atoms with Crippen molar-refractivity contribution in [2.24, 2.45) is 23.2 Å². The number of carbonyl (C=O) groups excluding carboxylic acids is 3. The summed E-state index contributed by atoms with van der Waals surface area (Å²) >= 11 is 0. The van der Waals surface area contributed by atoms with E-state index in [4.69, 9.17) is 4.74 Å². The van der Waals surface area contributed by atoms with Gasteiger partial charge in [-0.05, 0) is 80.5 Å². The Morgan fingerprint density at radius 3 is 2.09 bits per heavy atom. The lowest BCUT2D eigenvalue weighted by Gasteiger charge is -2.55. The van der Waals surface area contributed by atoms with Crippen molar-refractivity contribution in [1.29, 1.82) is 0 Å². The van der Waals surface area contributed by atoms with Crippen molar-refractivity contribution in [3.63, 3.8) is 0 Å². The van der Waals surface area contributed by atoms with E-state index >= 15 is 0 Å². The third-order valence-electron chi connectivity index (χ3n) is 7.20. The molecule has 11 heteroatoms. The van der Waals surface area contributed by atoms with Crippen molar-refractivity contribution < 1.29 is 36.3 Å². The Kier molecular flexibility index (Phi) is 6.93. The van der Waals surface area contributed by atoms with Crippen molar-refractivity contribution in [1.82, 2.24) is 5.32 Å². The summed E-state index contributed by atoms with van der Waals surface area (Å²) in [6.07, 6.45) is 6.45. The Balaban J connectivity index is 1.17. The maximum Gasteiger partial charge on any atom is 0.341 e. The zero-order valence-corrected chi connectivity index (χ0v) is 19.4. The Hall–Kier alpha value is -2.56. The molecule has 4 bridgehead atoms. The summed E-state index contributed by atoms with van der Waals surface area (Å²) in [5.74, 6) is -2.89. The highest BCUT2D eigenvalue weighted by molar-refractivity contribution is 7.91. The van der Waals surface area contributed by atoms with Crippen molar-refractivity contribution >= 4 is 33.3 Å². The molecule has 0 spiro atoms. The molecule has 8 nitrogen and oxygen atoms in total. The number of hydrogen-bond acceptors (Lipinski definition) is 6. The molecule has 0 aromatic heterocycles. The molecule has 4 fully saturated rings. The smallest absolute Gasteiger partial charge is 0.341 e. The quantitative estimate of drug-likeness (QED) is 0.506. The topological polar surface area (TPSA) is 119 Å². The number of hydrogen-bond donors (Lipinski definition) is 2. The Bertz CT molecular complexity index is 1020. The van der Waals surface area contributed by atoms with E-state index in [1.54, 1.807) is 0 Å². The fraction of sp³-hybridized carbons (Fsp3) is 0.609. The van der Waals surface area contributed by atoms with Gasteiger partial charge in [-0.1, -0.05) is 0 Å². The first kappa shape index (κ1) is 24.6. The number of alkyl halides is 2. The van der Waals surface area contributed by atoms with Gasteiger partial charge in [-0.3, -0.25) is 14.4 Å². The van der Waals surface area contributed by atoms with Gasteiger partial charge in [-0.25, -0.2) is 8.42 Å². The number of ether oxygens (including phenoxy) is 1. The van der Waals surface area contributed by atoms with Gasteiger partial charge in [-0.2, -0.15) is 8.78 Å². The average molecular weight is 499 g/mol. The molecule has 0 radical (unpaired) electrons. The molecule has 1 aromatic rings. The van der Waals surface area contributed by atoms with Crippen LogP contribution in [-0.4, -0.2) is 45.1 Å². The van der Waals surface area contributed by atoms with Crippen LogP contribution < -0.4 is 10.6 Å². The van der Waals surface area contributed by atoms with Crippen molar-refractivity contribution in [2.45, 2.75) is 55.6 Å². The number of amides is 2. The Labute approximate surface area is 196 Å². The average Bonchev–Trinajstić information content (AvgIpc) is 2.77. The predicted molar refractivity (Wildman–Crippen MR) is 117 cm³/mol. The van der Waals surface area contributed by atoms with E-state index in [1.807, 2.05) is 0 Å². The molecule has 5 rings (SSSR count). The SMILES string of the molecule is O=C(COC(=O)CCNC(=O)C12CC3CC(CC(C3)C1)C2)Nc1ccc(S(=O)(=O)C(F)F)cc1. The molecule has 0 heterocycles. The largest absolute Gasteiger partial charge is 0.456 e. The van der Waals surface area contributed by atoms with Crippen LogP contribution >= 0.6 is 0 Å². The fourth-order valence-electron chi connectivity index (χ4n) is 6.10. The summed E-state index contributed by atoms with van der Waals surface area (Å²) in [6, 6.07) is 4.23. The van der Waals surface area contributed by atoms with Gasteiger partial charge in [0.05, 0.1) is 11.3 Å². The molecule has 2 amide bonds. The van der Waals surface area contributed by atoms with Crippen LogP contribution in [0.4, 0.5) is 14.5 Å². The lowest BCUT2D eigenvalue weighted by molar-refractivity contribution is -0.148. The molecule has 0 saturated heterocycles. The van der Waals surface area contributed by atoms with Crippen LogP contribution in [0.1, 0.15) is 44.9 Å². The van der Waals surface area contributed by atoms with E-state index in [0.29, 0.717) is 17.8 Å². The summed E-state index contributed by atoms with van der Waals surface area (Å²) < 4.78 is 52.8. The van der Waals surface area contributed by atoms with E-state index in [9.17, 15) is 31.6 Å². The molecule has 1 aromatic carbocycles. The summed E-state index contributed by atoms with van der Waals surface area (Å²) in [4.78, 5) is 36.2. The minimum Gasteiger partial charge on any atom is -0.456 e. The van der Waals surface area contributed by atoms with E-state index in [-0.39, 0.29) is 30.0 Å². The highest BCUT2D eigenvalue weighted by Gasteiger charge is 2.54. The minimum absolute atomic E-state index is 0.0226. The summed E-state index contributed by atoms with van der Waals surface area (Å²) in [6.45, 7) is -0.431. The third-order valence-corrected chi connectivity index (χ3v) is 8.60. The van der Waals surface area contributed by atoms with Crippen LogP contribution in [0, 0.1) is 23.2 Å². The summed E-state index contributed by atoms with van der Waals surface area (Å²) in [5, 5.41) is 5.27.